The second kappa shape index (κ2) is 5.78. The Balaban J connectivity index is 2.04. The molecule has 17 heavy (non-hydrogen) atoms. The number of hydrogen-bond donors (Lipinski definition) is 0. The van der Waals surface area contributed by atoms with Gasteiger partial charge in [0.1, 0.15) is 0 Å². The number of benzene rings is 1. The van der Waals surface area contributed by atoms with Crippen molar-refractivity contribution in [3.8, 4) is 0 Å². The topological polar surface area (TPSA) is 20.3 Å². The first-order valence-corrected chi connectivity index (χ1v) is 7.27. The van der Waals surface area contributed by atoms with Gasteiger partial charge in [0.25, 0.3) is 0 Å². The fourth-order valence-corrected chi connectivity index (χ4v) is 3.53. The van der Waals surface area contributed by atoms with Crippen molar-refractivity contribution in [1.82, 2.24) is 4.90 Å². The van der Waals surface area contributed by atoms with Crippen molar-refractivity contribution in [2.24, 2.45) is 0 Å². The molecule has 0 spiro atoms. The summed E-state index contributed by atoms with van der Waals surface area (Å²) in [7, 11) is 0. The van der Waals surface area contributed by atoms with Gasteiger partial charge in [0.15, 0.2) is 0 Å². The minimum atomic E-state index is 0.0376. The van der Waals surface area contributed by atoms with Crippen molar-refractivity contribution in [3.63, 3.8) is 0 Å². The lowest BCUT2D eigenvalue weighted by molar-refractivity contribution is -0.130. The quantitative estimate of drug-likeness (QED) is 0.784. The van der Waals surface area contributed by atoms with Crippen LogP contribution in [0.1, 0.15) is 12.5 Å². The number of halogens is 1. The van der Waals surface area contributed by atoms with E-state index in [4.69, 9.17) is 11.6 Å². The highest BCUT2D eigenvalue weighted by molar-refractivity contribution is 8.01. The van der Waals surface area contributed by atoms with Crippen LogP contribution in [0, 0.1) is 0 Å². The number of carbonyl (C=O) groups excluding carboxylic acids is 1. The highest BCUT2D eigenvalue weighted by Crippen LogP contribution is 2.37. The Hall–Kier alpha value is -0.670. The largest absolute Gasteiger partial charge is 0.341 e. The van der Waals surface area contributed by atoms with E-state index >= 15 is 0 Å². The monoisotopic (exact) mass is 269 g/mol. The van der Waals surface area contributed by atoms with Gasteiger partial charge >= 0.3 is 0 Å². The van der Waals surface area contributed by atoms with Crippen molar-refractivity contribution in [1.29, 1.82) is 0 Å². The summed E-state index contributed by atoms with van der Waals surface area (Å²) >= 11 is 7.39. The molecule has 0 saturated heterocycles. The first-order valence-electron chi connectivity index (χ1n) is 5.85. The molecule has 1 aromatic rings. The predicted molar refractivity (Wildman–Crippen MR) is 72.8 cm³/mol. The third kappa shape index (κ3) is 2.78. The number of thioether (sulfide) groups is 1. The van der Waals surface area contributed by atoms with E-state index in [1.807, 2.05) is 24.0 Å². The normalized spacial score (nSPS) is 17.9. The molecule has 1 unspecified atom stereocenters. The lowest BCUT2D eigenvalue weighted by Crippen LogP contribution is -2.38. The number of fused-ring (bicyclic) bond motifs is 1. The molecule has 0 fully saturated rings. The number of hydrogen-bond acceptors (Lipinski definition) is 2. The first-order chi connectivity index (χ1) is 8.26. The number of alkyl halides is 1. The van der Waals surface area contributed by atoms with E-state index in [1.165, 1.54) is 10.5 Å². The van der Waals surface area contributed by atoms with Gasteiger partial charge in [0.2, 0.25) is 5.91 Å². The third-order valence-electron chi connectivity index (χ3n) is 2.97. The second-order valence-electron chi connectivity index (χ2n) is 4.03. The van der Waals surface area contributed by atoms with E-state index in [1.54, 1.807) is 11.8 Å². The maximum Gasteiger partial charge on any atom is 0.236 e. The van der Waals surface area contributed by atoms with Crippen LogP contribution in [0.15, 0.2) is 29.2 Å². The summed E-state index contributed by atoms with van der Waals surface area (Å²) in [5.74, 6) is 0.721. The lowest BCUT2D eigenvalue weighted by Gasteiger charge is -2.22. The van der Waals surface area contributed by atoms with Gasteiger partial charge in [-0.1, -0.05) is 18.2 Å². The van der Waals surface area contributed by atoms with Crippen LogP contribution in [0.25, 0.3) is 0 Å². The average molecular weight is 270 g/mol. The van der Waals surface area contributed by atoms with Crippen LogP contribution in [0.4, 0.5) is 0 Å². The predicted octanol–water partition coefficient (Wildman–Crippen LogP) is 2.79. The molecule has 1 heterocycles. The van der Waals surface area contributed by atoms with Gasteiger partial charge < -0.3 is 4.90 Å². The molecule has 2 nitrogen and oxygen atoms in total. The molecule has 1 aliphatic rings. The summed E-state index contributed by atoms with van der Waals surface area (Å²) < 4.78 is 0. The Morgan fingerprint density at radius 2 is 2.29 bits per heavy atom. The van der Waals surface area contributed by atoms with Crippen LogP contribution in [0.2, 0.25) is 0 Å². The van der Waals surface area contributed by atoms with Gasteiger partial charge in [-0.3, -0.25) is 4.79 Å². The van der Waals surface area contributed by atoms with E-state index in [2.05, 4.69) is 12.1 Å². The molecule has 0 aliphatic carbocycles. The Labute approximate surface area is 111 Å². The van der Waals surface area contributed by atoms with E-state index < -0.39 is 0 Å². The van der Waals surface area contributed by atoms with Gasteiger partial charge in [-0.15, -0.1) is 23.4 Å². The fourth-order valence-electron chi connectivity index (χ4n) is 2.05. The molecule has 2 rings (SSSR count). The summed E-state index contributed by atoms with van der Waals surface area (Å²) in [4.78, 5) is 15.4. The van der Waals surface area contributed by atoms with Crippen LogP contribution < -0.4 is 0 Å². The second-order valence-corrected chi connectivity index (χ2v) is 5.65. The zero-order valence-electron chi connectivity index (χ0n) is 9.86. The number of nitrogens with zero attached hydrogens (tertiary/aromatic N) is 1. The molecular formula is C13H16ClNOS. The standard InChI is InChI=1S/C13H16ClNOS/c1-2-15(8-7-14)13(16)12-9-10-5-3-4-6-11(10)17-12/h3-6,12H,2,7-9H2,1H3. The summed E-state index contributed by atoms with van der Waals surface area (Å²) in [5.41, 5.74) is 1.29. The SMILES string of the molecule is CCN(CCCl)C(=O)C1Cc2ccccc2S1. The van der Waals surface area contributed by atoms with Crippen molar-refractivity contribution in [3.05, 3.63) is 29.8 Å². The van der Waals surface area contributed by atoms with Gasteiger partial charge in [0.05, 0.1) is 5.25 Å². The van der Waals surface area contributed by atoms with Crippen LogP contribution in [-0.2, 0) is 11.2 Å². The highest BCUT2D eigenvalue weighted by Gasteiger charge is 2.30. The molecule has 1 aromatic carbocycles. The summed E-state index contributed by atoms with van der Waals surface area (Å²) in [6.07, 6.45) is 0.846. The molecule has 0 aromatic heterocycles. The molecular weight excluding hydrogens is 254 g/mol. The van der Waals surface area contributed by atoms with Crippen molar-refractivity contribution in [2.75, 3.05) is 19.0 Å². The summed E-state index contributed by atoms with van der Waals surface area (Å²) in [5, 5.41) is 0.0376. The molecule has 1 atom stereocenters. The van der Waals surface area contributed by atoms with Crippen LogP contribution in [0.3, 0.4) is 0 Å². The maximum absolute atomic E-state index is 12.3. The smallest absolute Gasteiger partial charge is 0.236 e. The maximum atomic E-state index is 12.3. The Morgan fingerprint density at radius 1 is 1.53 bits per heavy atom. The number of amides is 1. The van der Waals surface area contributed by atoms with E-state index in [9.17, 15) is 4.79 Å². The van der Waals surface area contributed by atoms with E-state index in [0.717, 1.165) is 13.0 Å². The minimum absolute atomic E-state index is 0.0376. The van der Waals surface area contributed by atoms with Gasteiger partial charge in [-0.05, 0) is 25.0 Å². The van der Waals surface area contributed by atoms with Gasteiger partial charge in [0, 0.05) is 23.9 Å². The zero-order valence-corrected chi connectivity index (χ0v) is 11.4. The van der Waals surface area contributed by atoms with Gasteiger partial charge in [-0.25, -0.2) is 0 Å². The first kappa shape index (κ1) is 12.8. The zero-order chi connectivity index (χ0) is 12.3. The van der Waals surface area contributed by atoms with Gasteiger partial charge in [-0.2, -0.15) is 0 Å². The summed E-state index contributed by atoms with van der Waals surface area (Å²) in [6.45, 7) is 3.38. The average Bonchev–Trinajstić information content (AvgIpc) is 2.78. The number of rotatable bonds is 4. The van der Waals surface area contributed by atoms with Crippen LogP contribution >= 0.6 is 23.4 Å². The Kier molecular flexibility index (Phi) is 4.35. The Morgan fingerprint density at radius 3 is 2.94 bits per heavy atom. The molecule has 0 saturated carbocycles. The third-order valence-corrected chi connectivity index (χ3v) is 4.44. The molecule has 92 valence electrons. The highest BCUT2D eigenvalue weighted by atomic mass is 35.5. The molecule has 1 amide bonds. The summed E-state index contributed by atoms with van der Waals surface area (Å²) in [6, 6.07) is 8.25. The van der Waals surface area contributed by atoms with Crippen molar-refractivity contribution < 1.29 is 4.79 Å². The van der Waals surface area contributed by atoms with Crippen LogP contribution in [-0.4, -0.2) is 35.0 Å². The number of carbonyl (C=O) groups is 1. The fraction of sp³-hybridized carbons (Fsp3) is 0.462. The molecule has 0 N–H and O–H groups in total. The van der Waals surface area contributed by atoms with Crippen molar-refractivity contribution in [2.45, 2.75) is 23.5 Å². The minimum Gasteiger partial charge on any atom is -0.341 e. The lowest BCUT2D eigenvalue weighted by atomic mass is 10.1. The van der Waals surface area contributed by atoms with E-state index in [-0.39, 0.29) is 11.2 Å². The molecule has 4 heteroatoms. The molecule has 0 bridgehead atoms. The molecule has 0 radical (unpaired) electrons. The van der Waals surface area contributed by atoms with Crippen LogP contribution in [0.5, 0.6) is 0 Å². The molecule has 1 aliphatic heterocycles. The Bertz CT molecular complexity index is 385. The van der Waals surface area contributed by atoms with E-state index in [0.29, 0.717) is 12.4 Å². The van der Waals surface area contributed by atoms with Crippen molar-refractivity contribution >= 4 is 29.3 Å².